The molecule has 4 heteroatoms. The first-order chi connectivity index (χ1) is 8.88. The molecule has 1 fully saturated rings. The van der Waals surface area contributed by atoms with Gasteiger partial charge in [-0.1, -0.05) is 18.9 Å². The Morgan fingerprint density at radius 1 is 1.39 bits per heavy atom. The molecule has 96 valence electrons. The maximum Gasteiger partial charge on any atom is 0.138 e. The van der Waals surface area contributed by atoms with Crippen LogP contribution in [0.4, 0.5) is 0 Å². The first-order valence-electron chi connectivity index (χ1n) is 6.65. The highest BCUT2D eigenvalue weighted by Crippen LogP contribution is 2.36. The predicted molar refractivity (Wildman–Crippen MR) is 76.1 cm³/mol. The number of pyridine rings is 1. The van der Waals surface area contributed by atoms with E-state index in [9.17, 15) is 0 Å². The van der Waals surface area contributed by atoms with Crippen LogP contribution in [-0.4, -0.2) is 21.7 Å². The van der Waals surface area contributed by atoms with E-state index < -0.39 is 0 Å². The summed E-state index contributed by atoms with van der Waals surface area (Å²) in [5.41, 5.74) is 2.35. The number of imidazole rings is 1. The topological polar surface area (TPSA) is 29.3 Å². The van der Waals surface area contributed by atoms with Crippen LogP contribution < -0.4 is 5.32 Å². The van der Waals surface area contributed by atoms with Crippen molar-refractivity contribution in [3.05, 3.63) is 30.1 Å². The average molecular weight is 261 g/mol. The summed E-state index contributed by atoms with van der Waals surface area (Å²) in [6.45, 7) is 0.875. The Morgan fingerprint density at radius 2 is 2.22 bits per heavy atom. The summed E-state index contributed by atoms with van der Waals surface area (Å²) in [6, 6.07) is 6.20. The third kappa shape index (κ3) is 2.27. The normalized spacial score (nSPS) is 16.7. The zero-order valence-electron chi connectivity index (χ0n) is 10.7. The number of hydrogen-bond acceptors (Lipinski definition) is 3. The number of hydrogen-bond donors (Lipinski definition) is 1. The van der Waals surface area contributed by atoms with Gasteiger partial charge in [-0.05, 0) is 32.0 Å². The molecule has 0 saturated heterocycles. The van der Waals surface area contributed by atoms with Crippen molar-refractivity contribution in [3.63, 3.8) is 0 Å². The molecule has 1 aliphatic carbocycles. The quantitative estimate of drug-likeness (QED) is 0.917. The van der Waals surface area contributed by atoms with Crippen LogP contribution in [-0.2, 0) is 6.54 Å². The molecule has 2 aromatic heterocycles. The molecule has 0 bridgehead atoms. The molecule has 3 nitrogen and oxygen atoms in total. The summed E-state index contributed by atoms with van der Waals surface area (Å²) < 4.78 is 2.20. The average Bonchev–Trinajstić information content (AvgIpc) is 3.00. The van der Waals surface area contributed by atoms with Gasteiger partial charge >= 0.3 is 0 Å². The number of rotatable bonds is 4. The molecule has 0 spiro atoms. The lowest BCUT2D eigenvalue weighted by atomic mass is 10.4. The van der Waals surface area contributed by atoms with E-state index in [4.69, 9.17) is 4.98 Å². The largest absolute Gasteiger partial charge is 0.314 e. The van der Waals surface area contributed by atoms with Crippen molar-refractivity contribution in [2.75, 3.05) is 7.05 Å². The molecular formula is C14H19N3S. The number of thioether (sulfide) groups is 1. The summed E-state index contributed by atoms with van der Waals surface area (Å²) in [5, 5.41) is 5.23. The Balaban J connectivity index is 1.95. The number of aromatic nitrogens is 2. The molecule has 3 rings (SSSR count). The minimum atomic E-state index is 0.769. The van der Waals surface area contributed by atoms with Gasteiger partial charge in [0.15, 0.2) is 0 Å². The van der Waals surface area contributed by atoms with Crippen molar-refractivity contribution in [2.45, 2.75) is 42.5 Å². The van der Waals surface area contributed by atoms with Gasteiger partial charge in [0.25, 0.3) is 0 Å². The first-order valence-corrected chi connectivity index (χ1v) is 7.53. The van der Waals surface area contributed by atoms with Crippen LogP contribution in [0.15, 0.2) is 29.4 Å². The molecule has 0 aromatic carbocycles. The second-order valence-electron chi connectivity index (χ2n) is 4.85. The Labute approximate surface area is 112 Å². The second-order valence-corrected chi connectivity index (χ2v) is 6.14. The molecule has 18 heavy (non-hydrogen) atoms. The lowest BCUT2D eigenvalue weighted by molar-refractivity contribution is 0.762. The van der Waals surface area contributed by atoms with Gasteiger partial charge < -0.3 is 9.72 Å². The third-order valence-electron chi connectivity index (χ3n) is 3.52. The third-order valence-corrected chi connectivity index (χ3v) is 4.87. The summed E-state index contributed by atoms with van der Waals surface area (Å²) in [5.74, 6) is 0. The van der Waals surface area contributed by atoms with E-state index in [1.807, 2.05) is 18.8 Å². The Hall–Kier alpha value is -1.00. The molecule has 0 aliphatic heterocycles. The van der Waals surface area contributed by atoms with Gasteiger partial charge in [0.05, 0.1) is 5.69 Å². The lowest BCUT2D eigenvalue weighted by Gasteiger charge is -2.08. The highest BCUT2D eigenvalue weighted by atomic mass is 32.2. The van der Waals surface area contributed by atoms with Gasteiger partial charge in [-0.15, -0.1) is 11.8 Å². The van der Waals surface area contributed by atoms with Gasteiger partial charge in [0.1, 0.15) is 10.7 Å². The minimum Gasteiger partial charge on any atom is -0.314 e. The van der Waals surface area contributed by atoms with Crippen molar-refractivity contribution in [1.29, 1.82) is 0 Å². The second kappa shape index (κ2) is 5.33. The van der Waals surface area contributed by atoms with Gasteiger partial charge in [-0.3, -0.25) is 0 Å². The van der Waals surface area contributed by atoms with Crippen LogP contribution in [0, 0.1) is 0 Å². The highest BCUT2D eigenvalue weighted by molar-refractivity contribution is 7.99. The number of nitrogens with one attached hydrogen (secondary N) is 1. The van der Waals surface area contributed by atoms with Crippen molar-refractivity contribution < 1.29 is 0 Å². The molecule has 0 unspecified atom stereocenters. The SMILES string of the molecule is CNCc1c(SC2CCCC2)nc2ccccn12. The Kier molecular flexibility index (Phi) is 3.57. The van der Waals surface area contributed by atoms with Crippen LogP contribution in [0.5, 0.6) is 0 Å². The molecule has 1 N–H and O–H groups in total. The highest BCUT2D eigenvalue weighted by Gasteiger charge is 2.20. The summed E-state index contributed by atoms with van der Waals surface area (Å²) in [6.07, 6.45) is 7.56. The van der Waals surface area contributed by atoms with Crippen LogP contribution in [0.2, 0.25) is 0 Å². The zero-order valence-corrected chi connectivity index (χ0v) is 11.5. The predicted octanol–water partition coefficient (Wildman–Crippen LogP) is 3.09. The van der Waals surface area contributed by atoms with E-state index in [2.05, 4.69) is 34.1 Å². The molecule has 0 radical (unpaired) electrons. The van der Waals surface area contributed by atoms with Crippen LogP contribution in [0.3, 0.4) is 0 Å². The van der Waals surface area contributed by atoms with Gasteiger partial charge in [0.2, 0.25) is 0 Å². The fourth-order valence-electron chi connectivity index (χ4n) is 2.61. The standard InChI is InChI=1S/C14H19N3S/c1-15-10-12-14(18-11-6-2-3-7-11)16-13-8-4-5-9-17(12)13/h4-5,8-9,11,15H,2-3,6-7,10H2,1H3. The van der Waals surface area contributed by atoms with Crippen LogP contribution >= 0.6 is 11.8 Å². The van der Waals surface area contributed by atoms with E-state index in [-0.39, 0.29) is 0 Å². The van der Waals surface area contributed by atoms with Gasteiger partial charge in [-0.25, -0.2) is 4.98 Å². The maximum absolute atomic E-state index is 4.78. The molecule has 2 heterocycles. The summed E-state index contributed by atoms with van der Waals surface area (Å²) >= 11 is 1.97. The molecular weight excluding hydrogens is 242 g/mol. The molecule has 1 aliphatic rings. The van der Waals surface area contributed by atoms with Crippen LogP contribution in [0.25, 0.3) is 5.65 Å². The van der Waals surface area contributed by atoms with Gasteiger partial charge in [0, 0.05) is 18.0 Å². The fraction of sp³-hybridized carbons (Fsp3) is 0.500. The molecule has 2 aromatic rings. The lowest BCUT2D eigenvalue weighted by Crippen LogP contribution is -2.09. The van der Waals surface area contributed by atoms with Crippen molar-refractivity contribution in [2.24, 2.45) is 0 Å². The molecule has 1 saturated carbocycles. The van der Waals surface area contributed by atoms with E-state index >= 15 is 0 Å². The number of nitrogens with zero attached hydrogens (tertiary/aromatic N) is 2. The number of fused-ring (bicyclic) bond motifs is 1. The monoisotopic (exact) mass is 261 g/mol. The van der Waals surface area contributed by atoms with Crippen molar-refractivity contribution in [1.82, 2.24) is 14.7 Å². The molecule has 0 atom stereocenters. The minimum absolute atomic E-state index is 0.769. The van der Waals surface area contributed by atoms with Crippen molar-refractivity contribution in [3.8, 4) is 0 Å². The first kappa shape index (κ1) is 12.1. The Morgan fingerprint density at radius 3 is 3.00 bits per heavy atom. The summed E-state index contributed by atoms with van der Waals surface area (Å²) in [4.78, 5) is 4.78. The fourth-order valence-corrected chi connectivity index (χ4v) is 3.95. The molecule has 0 amide bonds. The smallest absolute Gasteiger partial charge is 0.138 e. The summed E-state index contributed by atoms with van der Waals surface area (Å²) in [7, 11) is 1.99. The zero-order chi connectivity index (χ0) is 12.4. The van der Waals surface area contributed by atoms with E-state index in [1.54, 1.807) is 0 Å². The van der Waals surface area contributed by atoms with Crippen LogP contribution in [0.1, 0.15) is 31.4 Å². The maximum atomic E-state index is 4.78. The Bertz CT molecular complexity index is 529. The van der Waals surface area contributed by atoms with E-state index in [1.165, 1.54) is 36.4 Å². The van der Waals surface area contributed by atoms with Crippen molar-refractivity contribution >= 4 is 17.4 Å². The van der Waals surface area contributed by atoms with E-state index in [0.717, 1.165) is 17.4 Å². The van der Waals surface area contributed by atoms with E-state index in [0.29, 0.717) is 0 Å². The van der Waals surface area contributed by atoms with Gasteiger partial charge in [-0.2, -0.15) is 0 Å².